The van der Waals surface area contributed by atoms with Gasteiger partial charge in [-0.25, -0.2) is 5.43 Å². The van der Waals surface area contributed by atoms with Crippen LogP contribution in [0.3, 0.4) is 0 Å². The first-order valence-corrected chi connectivity index (χ1v) is 7.19. The lowest BCUT2D eigenvalue weighted by molar-refractivity contribution is 0.0929. The Labute approximate surface area is 131 Å². The van der Waals surface area contributed by atoms with E-state index < -0.39 is 0 Å². The SMILES string of the molecule is O=C(N/N=C/c1c[nH]c2ccccc12)c1cc2ccccc2o1. The van der Waals surface area contributed by atoms with Gasteiger partial charge in [-0.3, -0.25) is 4.79 Å². The van der Waals surface area contributed by atoms with Gasteiger partial charge in [0, 0.05) is 28.0 Å². The molecule has 0 aliphatic carbocycles. The first kappa shape index (κ1) is 13.3. The maximum absolute atomic E-state index is 12.1. The number of hydrogen-bond acceptors (Lipinski definition) is 3. The number of aromatic amines is 1. The molecule has 0 aliphatic heterocycles. The Morgan fingerprint density at radius 2 is 1.96 bits per heavy atom. The van der Waals surface area contributed by atoms with Crippen LogP contribution >= 0.6 is 0 Å². The van der Waals surface area contributed by atoms with Crippen molar-refractivity contribution in [3.05, 3.63) is 72.1 Å². The third-order valence-corrected chi connectivity index (χ3v) is 3.64. The van der Waals surface area contributed by atoms with E-state index in [1.165, 1.54) is 0 Å². The zero-order valence-corrected chi connectivity index (χ0v) is 12.1. The molecule has 2 aromatic heterocycles. The molecule has 112 valence electrons. The van der Waals surface area contributed by atoms with Crippen molar-refractivity contribution in [3.8, 4) is 0 Å². The first-order valence-electron chi connectivity index (χ1n) is 7.19. The van der Waals surface area contributed by atoms with Crippen molar-refractivity contribution in [2.45, 2.75) is 0 Å². The predicted molar refractivity (Wildman–Crippen MR) is 89.6 cm³/mol. The molecule has 1 amide bonds. The normalized spacial score (nSPS) is 11.5. The molecule has 0 saturated carbocycles. The number of amides is 1. The molecule has 2 N–H and O–H groups in total. The summed E-state index contributed by atoms with van der Waals surface area (Å²) in [6, 6.07) is 17.1. The van der Waals surface area contributed by atoms with Gasteiger partial charge in [0.1, 0.15) is 5.58 Å². The lowest BCUT2D eigenvalue weighted by Crippen LogP contribution is -2.16. The highest BCUT2D eigenvalue weighted by Crippen LogP contribution is 2.18. The van der Waals surface area contributed by atoms with Crippen LogP contribution in [0.5, 0.6) is 0 Å². The van der Waals surface area contributed by atoms with Gasteiger partial charge in [0.2, 0.25) is 0 Å². The van der Waals surface area contributed by atoms with E-state index in [4.69, 9.17) is 4.42 Å². The summed E-state index contributed by atoms with van der Waals surface area (Å²) >= 11 is 0. The fourth-order valence-corrected chi connectivity index (χ4v) is 2.51. The molecule has 2 aromatic carbocycles. The number of furan rings is 1. The van der Waals surface area contributed by atoms with Crippen LogP contribution in [0.4, 0.5) is 0 Å². The minimum atomic E-state index is -0.378. The summed E-state index contributed by atoms with van der Waals surface area (Å²) in [6.45, 7) is 0. The Morgan fingerprint density at radius 3 is 2.87 bits per heavy atom. The number of rotatable bonds is 3. The number of nitrogens with one attached hydrogen (secondary N) is 2. The molecule has 0 saturated heterocycles. The Kier molecular flexibility index (Phi) is 3.16. The van der Waals surface area contributed by atoms with Crippen molar-refractivity contribution < 1.29 is 9.21 Å². The quantitative estimate of drug-likeness (QED) is 0.448. The minimum Gasteiger partial charge on any atom is -0.451 e. The molecule has 0 radical (unpaired) electrons. The molecule has 0 atom stereocenters. The molecule has 2 heterocycles. The van der Waals surface area contributed by atoms with Crippen molar-refractivity contribution in [2.75, 3.05) is 0 Å². The van der Waals surface area contributed by atoms with Crippen LogP contribution < -0.4 is 5.43 Å². The van der Waals surface area contributed by atoms with Crippen molar-refractivity contribution in [3.63, 3.8) is 0 Å². The number of hydrogen-bond donors (Lipinski definition) is 2. The van der Waals surface area contributed by atoms with Gasteiger partial charge < -0.3 is 9.40 Å². The lowest BCUT2D eigenvalue weighted by atomic mass is 10.2. The van der Waals surface area contributed by atoms with Crippen LogP contribution in [0.15, 0.2) is 70.3 Å². The van der Waals surface area contributed by atoms with E-state index >= 15 is 0 Å². The molecule has 5 heteroatoms. The summed E-state index contributed by atoms with van der Waals surface area (Å²) in [5, 5.41) is 5.94. The van der Waals surface area contributed by atoms with Gasteiger partial charge in [-0.15, -0.1) is 0 Å². The Morgan fingerprint density at radius 1 is 1.13 bits per heavy atom. The van der Waals surface area contributed by atoms with Crippen molar-refractivity contribution >= 4 is 34.0 Å². The van der Waals surface area contributed by atoms with Gasteiger partial charge in [-0.2, -0.15) is 5.10 Å². The molecular weight excluding hydrogens is 290 g/mol. The van der Waals surface area contributed by atoms with Gasteiger partial charge in [0.25, 0.3) is 0 Å². The number of hydrazone groups is 1. The van der Waals surface area contributed by atoms with E-state index in [-0.39, 0.29) is 11.7 Å². The van der Waals surface area contributed by atoms with E-state index in [9.17, 15) is 4.79 Å². The Hall–Kier alpha value is -3.34. The second kappa shape index (κ2) is 5.46. The molecule has 4 aromatic rings. The number of nitrogens with zero attached hydrogens (tertiary/aromatic N) is 1. The topological polar surface area (TPSA) is 70.4 Å². The number of benzene rings is 2. The first-order chi connectivity index (χ1) is 11.3. The van der Waals surface area contributed by atoms with Gasteiger partial charge in [0.15, 0.2) is 5.76 Å². The second-order valence-corrected chi connectivity index (χ2v) is 5.14. The third kappa shape index (κ3) is 2.48. The summed E-state index contributed by atoms with van der Waals surface area (Å²) in [4.78, 5) is 15.2. The maximum atomic E-state index is 12.1. The average molecular weight is 303 g/mol. The largest absolute Gasteiger partial charge is 0.451 e. The van der Waals surface area contributed by atoms with E-state index in [0.717, 1.165) is 21.9 Å². The predicted octanol–water partition coefficient (Wildman–Crippen LogP) is 3.68. The maximum Gasteiger partial charge on any atom is 0.307 e. The van der Waals surface area contributed by atoms with E-state index in [0.29, 0.717) is 5.58 Å². The molecule has 0 spiro atoms. The van der Waals surface area contributed by atoms with Crippen LogP contribution in [-0.2, 0) is 0 Å². The monoisotopic (exact) mass is 303 g/mol. The van der Waals surface area contributed by atoms with E-state index in [2.05, 4.69) is 15.5 Å². The van der Waals surface area contributed by atoms with Crippen molar-refractivity contribution in [1.29, 1.82) is 0 Å². The second-order valence-electron chi connectivity index (χ2n) is 5.14. The smallest absolute Gasteiger partial charge is 0.307 e. The average Bonchev–Trinajstić information content (AvgIpc) is 3.19. The summed E-state index contributed by atoms with van der Waals surface area (Å²) in [5.41, 5.74) is 5.10. The number of fused-ring (bicyclic) bond motifs is 2. The summed E-state index contributed by atoms with van der Waals surface area (Å²) in [6.07, 6.45) is 3.46. The van der Waals surface area contributed by atoms with Gasteiger partial charge >= 0.3 is 5.91 Å². The molecule has 23 heavy (non-hydrogen) atoms. The molecule has 0 aliphatic rings. The zero-order chi connectivity index (χ0) is 15.6. The van der Waals surface area contributed by atoms with Crippen LogP contribution in [0.2, 0.25) is 0 Å². The fraction of sp³-hybridized carbons (Fsp3) is 0. The Balaban J connectivity index is 1.52. The number of carbonyl (C=O) groups is 1. The molecule has 0 unspecified atom stereocenters. The highest BCUT2D eigenvalue weighted by Gasteiger charge is 2.11. The van der Waals surface area contributed by atoms with Crippen LogP contribution in [0.1, 0.15) is 16.1 Å². The van der Waals surface area contributed by atoms with Crippen LogP contribution in [0.25, 0.3) is 21.9 Å². The third-order valence-electron chi connectivity index (χ3n) is 3.64. The van der Waals surface area contributed by atoms with Gasteiger partial charge in [0.05, 0.1) is 6.21 Å². The van der Waals surface area contributed by atoms with Gasteiger partial charge in [-0.1, -0.05) is 36.4 Å². The Bertz CT molecular complexity index is 994. The highest BCUT2D eigenvalue weighted by atomic mass is 16.3. The van der Waals surface area contributed by atoms with Crippen LogP contribution in [-0.4, -0.2) is 17.1 Å². The summed E-state index contributed by atoms with van der Waals surface area (Å²) in [7, 11) is 0. The van der Waals surface area contributed by atoms with Crippen molar-refractivity contribution in [2.24, 2.45) is 5.10 Å². The molecule has 4 rings (SSSR count). The number of aromatic nitrogens is 1. The molecule has 5 nitrogen and oxygen atoms in total. The zero-order valence-electron chi connectivity index (χ0n) is 12.1. The van der Waals surface area contributed by atoms with Crippen molar-refractivity contribution in [1.82, 2.24) is 10.4 Å². The molecular formula is C18H13N3O2. The molecule has 0 bridgehead atoms. The standard InChI is InChI=1S/C18H13N3O2/c22-18(17-9-12-5-1-4-8-16(12)23-17)21-20-11-13-10-19-15-7-3-2-6-14(13)15/h1-11,19H,(H,21,22)/b20-11+. The molecule has 0 fully saturated rings. The van der Waals surface area contributed by atoms with Crippen LogP contribution in [0, 0.1) is 0 Å². The minimum absolute atomic E-state index is 0.238. The fourth-order valence-electron chi connectivity index (χ4n) is 2.51. The summed E-state index contributed by atoms with van der Waals surface area (Å²) < 4.78 is 5.50. The van der Waals surface area contributed by atoms with E-state index in [1.54, 1.807) is 12.3 Å². The summed E-state index contributed by atoms with van der Waals surface area (Å²) in [5.74, 6) is -0.139. The van der Waals surface area contributed by atoms with Gasteiger partial charge in [-0.05, 0) is 18.2 Å². The number of para-hydroxylation sites is 2. The lowest BCUT2D eigenvalue weighted by Gasteiger charge is -1.95. The van der Waals surface area contributed by atoms with E-state index in [1.807, 2.05) is 54.7 Å². The number of carbonyl (C=O) groups excluding carboxylic acids is 1. The highest BCUT2D eigenvalue weighted by molar-refractivity contribution is 6.00. The number of H-pyrrole nitrogens is 1.